The monoisotopic (exact) mass is 529 g/mol. The highest BCUT2D eigenvalue weighted by atomic mass is 16.6. The Labute approximate surface area is 230 Å². The first-order chi connectivity index (χ1) is 17.9. The minimum atomic E-state index is -0.790. The van der Waals surface area contributed by atoms with E-state index < -0.39 is 23.8 Å². The summed E-state index contributed by atoms with van der Waals surface area (Å²) in [5.74, 6) is -0.235. The Morgan fingerprint density at radius 2 is 1.66 bits per heavy atom. The van der Waals surface area contributed by atoms with Gasteiger partial charge in [-0.1, -0.05) is 82.7 Å². The molecule has 0 saturated heterocycles. The van der Waals surface area contributed by atoms with Crippen LogP contribution in [0.15, 0.2) is 24.3 Å². The van der Waals surface area contributed by atoms with Crippen LogP contribution in [0.3, 0.4) is 0 Å². The van der Waals surface area contributed by atoms with Gasteiger partial charge in [0.2, 0.25) is 11.8 Å². The van der Waals surface area contributed by atoms with Gasteiger partial charge < -0.3 is 20.3 Å². The van der Waals surface area contributed by atoms with Crippen molar-refractivity contribution in [1.82, 2.24) is 15.5 Å². The second-order valence-electron chi connectivity index (χ2n) is 12.2. The Hall–Kier alpha value is -2.57. The van der Waals surface area contributed by atoms with Gasteiger partial charge in [0.05, 0.1) is 0 Å². The second-order valence-corrected chi connectivity index (χ2v) is 12.2. The van der Waals surface area contributed by atoms with Crippen LogP contribution in [0.1, 0.15) is 116 Å². The van der Waals surface area contributed by atoms with Gasteiger partial charge in [-0.2, -0.15) is 0 Å². The van der Waals surface area contributed by atoms with Gasteiger partial charge in [-0.15, -0.1) is 0 Å². The second kappa shape index (κ2) is 15.1. The molecule has 2 rings (SSSR count). The Morgan fingerprint density at radius 1 is 1.03 bits per heavy atom. The number of rotatable bonds is 12. The van der Waals surface area contributed by atoms with Crippen molar-refractivity contribution in [3.63, 3.8) is 0 Å². The maximum atomic E-state index is 14.2. The van der Waals surface area contributed by atoms with Crippen molar-refractivity contribution in [3.05, 3.63) is 35.4 Å². The number of aryl methyl sites for hydroxylation is 1. The summed E-state index contributed by atoms with van der Waals surface area (Å²) in [4.78, 5) is 42.6. The van der Waals surface area contributed by atoms with Gasteiger partial charge in [0.1, 0.15) is 17.7 Å². The molecule has 0 bridgehead atoms. The summed E-state index contributed by atoms with van der Waals surface area (Å²) in [6.07, 6.45) is 7.89. The number of nitrogens with zero attached hydrogens (tertiary/aromatic N) is 1. The molecule has 1 aliphatic carbocycles. The van der Waals surface area contributed by atoms with Crippen LogP contribution in [0, 0.1) is 12.8 Å². The largest absolute Gasteiger partial charge is 0.444 e. The lowest BCUT2D eigenvalue weighted by atomic mass is 9.94. The average molecular weight is 530 g/mol. The number of hydrogen-bond donors (Lipinski definition) is 2. The quantitative estimate of drug-likeness (QED) is 0.305. The van der Waals surface area contributed by atoms with E-state index in [9.17, 15) is 14.4 Å². The van der Waals surface area contributed by atoms with E-state index in [0.29, 0.717) is 13.0 Å². The van der Waals surface area contributed by atoms with Gasteiger partial charge in [-0.3, -0.25) is 9.59 Å². The predicted octanol–water partition coefficient (Wildman–Crippen LogP) is 6.44. The van der Waals surface area contributed by atoms with Crippen molar-refractivity contribution in [2.75, 3.05) is 6.54 Å². The molecular formula is C31H51N3O4. The molecule has 2 N–H and O–H groups in total. The third-order valence-electron chi connectivity index (χ3n) is 6.89. The van der Waals surface area contributed by atoms with Crippen LogP contribution < -0.4 is 10.6 Å². The Morgan fingerprint density at radius 3 is 2.21 bits per heavy atom. The molecule has 1 aromatic rings. The highest BCUT2D eigenvalue weighted by Gasteiger charge is 2.37. The van der Waals surface area contributed by atoms with Crippen LogP contribution in [0.4, 0.5) is 4.79 Å². The van der Waals surface area contributed by atoms with Crippen LogP contribution in [0.2, 0.25) is 0 Å². The summed E-state index contributed by atoms with van der Waals surface area (Å²) >= 11 is 0. The molecule has 0 spiro atoms. The van der Waals surface area contributed by atoms with Gasteiger partial charge >= 0.3 is 6.09 Å². The average Bonchev–Trinajstić information content (AvgIpc) is 2.83. The summed E-state index contributed by atoms with van der Waals surface area (Å²) in [5, 5.41) is 6.09. The van der Waals surface area contributed by atoms with Crippen LogP contribution in [0.5, 0.6) is 0 Å². The number of carbonyl (C=O) groups is 3. The van der Waals surface area contributed by atoms with E-state index in [1.807, 2.05) is 45.0 Å². The third-order valence-corrected chi connectivity index (χ3v) is 6.89. The number of hydrogen-bond acceptors (Lipinski definition) is 4. The Bertz CT molecular complexity index is 885. The molecule has 7 nitrogen and oxygen atoms in total. The van der Waals surface area contributed by atoms with Crippen LogP contribution in [0.25, 0.3) is 0 Å². The molecule has 0 radical (unpaired) electrons. The maximum absolute atomic E-state index is 14.2. The number of amides is 3. The topological polar surface area (TPSA) is 87.7 Å². The Balaban J connectivity index is 2.44. The lowest BCUT2D eigenvalue weighted by molar-refractivity contribution is -0.143. The van der Waals surface area contributed by atoms with E-state index >= 15 is 0 Å². The van der Waals surface area contributed by atoms with E-state index in [2.05, 4.69) is 17.6 Å². The fraction of sp³-hybridized carbons (Fsp3) is 0.710. The molecule has 0 aliphatic heterocycles. The minimum Gasteiger partial charge on any atom is -0.444 e. The van der Waals surface area contributed by atoms with E-state index in [0.717, 1.165) is 56.1 Å². The lowest BCUT2D eigenvalue weighted by Gasteiger charge is -2.36. The van der Waals surface area contributed by atoms with Crippen LogP contribution in [-0.4, -0.2) is 47.0 Å². The molecule has 3 amide bonds. The van der Waals surface area contributed by atoms with E-state index in [1.165, 1.54) is 6.42 Å². The fourth-order valence-corrected chi connectivity index (χ4v) is 4.99. The number of alkyl carbamates (subject to hydrolysis) is 1. The molecule has 1 aromatic carbocycles. The van der Waals surface area contributed by atoms with E-state index in [4.69, 9.17) is 4.74 Å². The van der Waals surface area contributed by atoms with E-state index in [1.54, 1.807) is 25.7 Å². The molecule has 7 heteroatoms. The smallest absolute Gasteiger partial charge is 0.408 e. The number of nitrogens with one attached hydrogen (secondary N) is 2. The minimum absolute atomic E-state index is 0.128. The normalized spacial score (nSPS) is 16.0. The van der Waals surface area contributed by atoms with Crippen molar-refractivity contribution in [2.24, 2.45) is 5.92 Å². The fourth-order valence-electron chi connectivity index (χ4n) is 4.99. The zero-order valence-electron chi connectivity index (χ0n) is 24.8. The van der Waals surface area contributed by atoms with Gasteiger partial charge in [0.25, 0.3) is 0 Å². The summed E-state index contributed by atoms with van der Waals surface area (Å²) in [6, 6.07) is 6.42. The van der Waals surface area contributed by atoms with E-state index in [-0.39, 0.29) is 23.8 Å². The molecule has 1 fully saturated rings. The van der Waals surface area contributed by atoms with Crippen molar-refractivity contribution < 1.29 is 19.1 Å². The van der Waals surface area contributed by atoms with Crippen molar-refractivity contribution >= 4 is 17.9 Å². The summed E-state index contributed by atoms with van der Waals surface area (Å²) in [5.41, 5.74) is 1.20. The zero-order chi connectivity index (χ0) is 28.3. The number of unbranched alkanes of at least 4 members (excludes halogenated alkanes) is 2. The maximum Gasteiger partial charge on any atom is 0.408 e. The highest BCUT2D eigenvalue weighted by Crippen LogP contribution is 2.27. The first-order valence-electron chi connectivity index (χ1n) is 14.6. The molecule has 0 aromatic heterocycles. The molecule has 1 saturated carbocycles. The summed E-state index contributed by atoms with van der Waals surface area (Å²) in [7, 11) is 0. The van der Waals surface area contributed by atoms with Gasteiger partial charge in [-0.25, -0.2) is 4.79 Å². The molecule has 2 unspecified atom stereocenters. The Kier molecular flexibility index (Phi) is 12.6. The molecule has 1 aliphatic rings. The number of carbonyl (C=O) groups excluding carboxylic acids is 3. The predicted molar refractivity (Wildman–Crippen MR) is 153 cm³/mol. The zero-order valence-corrected chi connectivity index (χ0v) is 24.8. The number of ether oxygens (including phenoxy) is 1. The van der Waals surface area contributed by atoms with Crippen LogP contribution in [-0.2, 0) is 14.3 Å². The summed E-state index contributed by atoms with van der Waals surface area (Å²) < 4.78 is 5.48. The molecule has 0 heterocycles. The summed E-state index contributed by atoms with van der Waals surface area (Å²) in [6.45, 7) is 14.0. The first kappa shape index (κ1) is 31.6. The van der Waals surface area contributed by atoms with Crippen molar-refractivity contribution in [2.45, 2.75) is 130 Å². The first-order valence-corrected chi connectivity index (χ1v) is 14.6. The highest BCUT2D eigenvalue weighted by molar-refractivity contribution is 5.92. The standard InChI is InChI=1S/C31H51N3O4/c1-8-9-13-20-34(29(36)26(21-22(2)3)33-30(37)38-31(5,6)7)27(24-18-16-23(4)17-19-24)28(35)32-25-14-11-10-12-15-25/h16-19,22,25-27H,8-15,20-21H2,1-7H3,(H,32,35)(H,33,37). The molecule has 214 valence electrons. The van der Waals surface area contributed by atoms with Gasteiger partial charge in [0.15, 0.2) is 0 Å². The SMILES string of the molecule is CCCCCN(C(=O)C(CC(C)C)NC(=O)OC(C)(C)C)C(C(=O)NC1CCCCC1)c1ccc(C)cc1. The van der Waals surface area contributed by atoms with Crippen molar-refractivity contribution in [1.29, 1.82) is 0 Å². The van der Waals surface area contributed by atoms with Gasteiger partial charge in [-0.05, 0) is 64.9 Å². The lowest BCUT2D eigenvalue weighted by Crippen LogP contribution is -2.54. The molecular weight excluding hydrogens is 478 g/mol. The third kappa shape index (κ3) is 10.7. The van der Waals surface area contributed by atoms with Crippen LogP contribution >= 0.6 is 0 Å². The number of benzene rings is 1. The van der Waals surface area contributed by atoms with Crippen molar-refractivity contribution in [3.8, 4) is 0 Å². The van der Waals surface area contributed by atoms with Gasteiger partial charge in [0, 0.05) is 12.6 Å². The molecule has 2 atom stereocenters. The molecule has 38 heavy (non-hydrogen) atoms.